The number of esters is 1. The average Bonchev–Trinajstić information content (AvgIpc) is 2.77. The Morgan fingerprint density at radius 3 is 2.13 bits per heavy atom. The average molecular weight is 397 g/mol. The van der Waals surface area contributed by atoms with Gasteiger partial charge in [-0.25, -0.2) is 4.79 Å². The van der Waals surface area contributed by atoms with Crippen LogP contribution < -0.4 is 5.32 Å². The minimum Gasteiger partial charge on any atom is -0.452 e. The Kier molecular flexibility index (Phi) is 5.48. The monoisotopic (exact) mass is 397 g/mol. The Labute approximate surface area is 175 Å². The first-order valence-electron chi connectivity index (χ1n) is 10.0. The molecule has 0 heterocycles. The molecular formula is C26H23NO3. The third-order valence-electron chi connectivity index (χ3n) is 5.31. The smallest absolute Gasteiger partial charge is 0.339 e. The van der Waals surface area contributed by atoms with E-state index < -0.39 is 5.97 Å². The summed E-state index contributed by atoms with van der Waals surface area (Å²) in [7, 11) is 0. The van der Waals surface area contributed by atoms with Gasteiger partial charge in [0.2, 0.25) is 0 Å². The Bertz CT molecular complexity index is 1210. The highest BCUT2D eigenvalue weighted by Crippen LogP contribution is 2.29. The van der Waals surface area contributed by atoms with Crippen LogP contribution in [-0.4, -0.2) is 18.5 Å². The first kappa shape index (κ1) is 19.6. The molecule has 30 heavy (non-hydrogen) atoms. The Balaban J connectivity index is 1.59. The molecule has 0 spiro atoms. The third kappa shape index (κ3) is 3.77. The van der Waals surface area contributed by atoms with E-state index in [9.17, 15) is 9.59 Å². The number of fused-ring (bicyclic) bond motifs is 2. The lowest BCUT2D eigenvalue weighted by Crippen LogP contribution is -2.22. The number of rotatable bonds is 5. The maximum Gasteiger partial charge on any atom is 0.339 e. The van der Waals surface area contributed by atoms with E-state index in [0.29, 0.717) is 5.56 Å². The fourth-order valence-electron chi connectivity index (χ4n) is 3.81. The van der Waals surface area contributed by atoms with E-state index in [0.717, 1.165) is 44.8 Å². The molecule has 1 N–H and O–H groups in total. The highest BCUT2D eigenvalue weighted by atomic mass is 16.5. The van der Waals surface area contributed by atoms with Crippen LogP contribution in [0.15, 0.2) is 72.8 Å². The number of para-hydroxylation sites is 1. The summed E-state index contributed by atoms with van der Waals surface area (Å²) in [6.07, 6.45) is 0.805. The number of hydrogen-bond acceptors (Lipinski definition) is 3. The number of carbonyl (C=O) groups is 2. The maximum absolute atomic E-state index is 13.0. The van der Waals surface area contributed by atoms with Crippen LogP contribution in [0.1, 0.15) is 28.4 Å². The summed E-state index contributed by atoms with van der Waals surface area (Å²) in [5, 5.41) is 6.44. The van der Waals surface area contributed by atoms with Gasteiger partial charge in [-0.3, -0.25) is 4.79 Å². The molecular weight excluding hydrogens is 374 g/mol. The van der Waals surface area contributed by atoms with Crippen molar-refractivity contribution in [3.05, 3.63) is 89.5 Å². The van der Waals surface area contributed by atoms with Crippen LogP contribution >= 0.6 is 0 Å². The number of ether oxygens (including phenoxy) is 1. The van der Waals surface area contributed by atoms with Crippen molar-refractivity contribution in [2.75, 3.05) is 11.9 Å². The molecule has 0 fully saturated rings. The van der Waals surface area contributed by atoms with Crippen molar-refractivity contribution < 1.29 is 14.3 Å². The van der Waals surface area contributed by atoms with Gasteiger partial charge in [0.05, 0.1) is 5.56 Å². The second-order valence-electron chi connectivity index (χ2n) is 7.28. The first-order chi connectivity index (χ1) is 14.6. The number of aryl methyl sites for hydroxylation is 2. The molecule has 1 amide bonds. The van der Waals surface area contributed by atoms with E-state index >= 15 is 0 Å². The molecule has 0 atom stereocenters. The molecule has 4 aromatic rings. The van der Waals surface area contributed by atoms with E-state index in [-0.39, 0.29) is 12.5 Å². The predicted octanol–water partition coefficient (Wildman–Crippen LogP) is 5.66. The number of anilines is 1. The molecule has 150 valence electrons. The van der Waals surface area contributed by atoms with Gasteiger partial charge in [-0.1, -0.05) is 73.7 Å². The summed E-state index contributed by atoms with van der Waals surface area (Å²) in [6.45, 7) is 3.65. The molecule has 4 nitrogen and oxygen atoms in total. The number of benzene rings is 4. The zero-order chi connectivity index (χ0) is 21.1. The molecule has 0 saturated heterocycles. The second kappa shape index (κ2) is 8.37. The number of carbonyl (C=O) groups excluding carboxylic acids is 2. The summed E-state index contributed by atoms with van der Waals surface area (Å²) in [5.41, 5.74) is 3.31. The highest BCUT2D eigenvalue weighted by Gasteiger charge is 2.18. The Hall–Kier alpha value is -3.66. The van der Waals surface area contributed by atoms with E-state index in [1.165, 1.54) is 0 Å². The topological polar surface area (TPSA) is 55.4 Å². The van der Waals surface area contributed by atoms with Crippen LogP contribution in [-0.2, 0) is 16.0 Å². The zero-order valence-electron chi connectivity index (χ0n) is 17.1. The SMILES string of the molecule is CCc1cccc(C)c1NC(=O)COC(=O)c1c2ccccc2cc2ccccc12. The van der Waals surface area contributed by atoms with Crippen molar-refractivity contribution in [2.24, 2.45) is 0 Å². The minimum absolute atomic E-state index is 0.339. The zero-order valence-corrected chi connectivity index (χ0v) is 17.1. The summed E-state index contributed by atoms with van der Waals surface area (Å²) in [4.78, 5) is 25.5. The lowest BCUT2D eigenvalue weighted by atomic mass is 9.97. The molecule has 4 rings (SSSR count). The summed E-state index contributed by atoms with van der Waals surface area (Å²) in [6, 6.07) is 23.4. The molecule has 0 aliphatic carbocycles. The molecule has 4 aromatic carbocycles. The molecule has 0 aliphatic heterocycles. The van der Waals surface area contributed by atoms with Crippen molar-refractivity contribution in [1.29, 1.82) is 0 Å². The Morgan fingerprint density at radius 2 is 1.50 bits per heavy atom. The van der Waals surface area contributed by atoms with Gasteiger partial charge in [0.15, 0.2) is 6.61 Å². The second-order valence-corrected chi connectivity index (χ2v) is 7.28. The fraction of sp³-hybridized carbons (Fsp3) is 0.154. The van der Waals surface area contributed by atoms with E-state index in [2.05, 4.69) is 11.4 Å². The molecule has 0 radical (unpaired) electrons. The van der Waals surface area contributed by atoms with Crippen LogP contribution in [0.25, 0.3) is 21.5 Å². The van der Waals surface area contributed by atoms with Gasteiger partial charge in [0.25, 0.3) is 5.91 Å². The molecule has 0 aromatic heterocycles. The molecule has 0 unspecified atom stereocenters. The molecule has 4 heteroatoms. The standard InChI is InChI=1S/C26H23NO3/c1-3-18-12-8-9-17(2)25(18)27-23(28)16-30-26(29)24-21-13-6-4-10-19(21)15-20-11-5-7-14-22(20)24/h4-15H,3,16H2,1-2H3,(H,27,28). The number of amides is 1. The van der Waals surface area contributed by atoms with E-state index in [4.69, 9.17) is 4.74 Å². The summed E-state index contributed by atoms with van der Waals surface area (Å²) < 4.78 is 5.44. The van der Waals surface area contributed by atoms with Crippen LogP contribution in [0, 0.1) is 6.92 Å². The minimum atomic E-state index is -0.501. The van der Waals surface area contributed by atoms with Crippen LogP contribution in [0.2, 0.25) is 0 Å². The quantitative estimate of drug-likeness (QED) is 0.349. The van der Waals surface area contributed by atoms with E-state index in [1.54, 1.807) is 0 Å². The van der Waals surface area contributed by atoms with Crippen molar-refractivity contribution in [3.8, 4) is 0 Å². The van der Waals surface area contributed by atoms with Gasteiger partial charge < -0.3 is 10.1 Å². The largest absolute Gasteiger partial charge is 0.452 e. The van der Waals surface area contributed by atoms with E-state index in [1.807, 2.05) is 80.6 Å². The fourth-order valence-corrected chi connectivity index (χ4v) is 3.81. The normalized spacial score (nSPS) is 10.9. The van der Waals surface area contributed by atoms with Gasteiger partial charge in [0.1, 0.15) is 0 Å². The third-order valence-corrected chi connectivity index (χ3v) is 5.31. The predicted molar refractivity (Wildman–Crippen MR) is 121 cm³/mol. The molecule has 0 bridgehead atoms. The van der Waals surface area contributed by atoms with Gasteiger partial charge in [-0.2, -0.15) is 0 Å². The molecule has 0 aliphatic rings. The molecule has 0 saturated carbocycles. The summed E-state index contributed by atoms with van der Waals surface area (Å²) >= 11 is 0. The van der Waals surface area contributed by atoms with Crippen molar-refractivity contribution >= 4 is 39.1 Å². The lowest BCUT2D eigenvalue weighted by molar-refractivity contribution is -0.119. The van der Waals surface area contributed by atoms with Crippen molar-refractivity contribution in [2.45, 2.75) is 20.3 Å². The lowest BCUT2D eigenvalue weighted by Gasteiger charge is -2.14. The van der Waals surface area contributed by atoms with Gasteiger partial charge in [0, 0.05) is 5.69 Å². The van der Waals surface area contributed by atoms with Crippen LogP contribution in [0.3, 0.4) is 0 Å². The van der Waals surface area contributed by atoms with Crippen molar-refractivity contribution in [1.82, 2.24) is 0 Å². The maximum atomic E-state index is 13.0. The summed E-state index contributed by atoms with van der Waals surface area (Å²) in [5.74, 6) is -0.851. The number of hydrogen-bond donors (Lipinski definition) is 1. The highest BCUT2D eigenvalue weighted by molar-refractivity contribution is 6.16. The first-order valence-corrected chi connectivity index (χ1v) is 10.0. The van der Waals surface area contributed by atoms with Gasteiger partial charge in [-0.15, -0.1) is 0 Å². The number of nitrogens with one attached hydrogen (secondary N) is 1. The van der Waals surface area contributed by atoms with Gasteiger partial charge >= 0.3 is 5.97 Å². The van der Waals surface area contributed by atoms with Gasteiger partial charge in [-0.05, 0) is 52.1 Å². The van der Waals surface area contributed by atoms with Crippen LogP contribution in [0.5, 0.6) is 0 Å². The van der Waals surface area contributed by atoms with Crippen molar-refractivity contribution in [3.63, 3.8) is 0 Å². The Morgan fingerprint density at radius 1 is 0.867 bits per heavy atom. The van der Waals surface area contributed by atoms with Crippen LogP contribution in [0.4, 0.5) is 5.69 Å².